The van der Waals surface area contributed by atoms with Crippen LogP contribution in [0.5, 0.6) is 11.5 Å². The second-order valence-corrected chi connectivity index (χ2v) is 6.26. The van der Waals surface area contributed by atoms with E-state index in [-0.39, 0.29) is 5.91 Å². The Hall–Kier alpha value is -2.69. The number of hydrogen-bond acceptors (Lipinski definition) is 4. The van der Waals surface area contributed by atoms with Gasteiger partial charge < -0.3 is 19.7 Å². The molecule has 132 valence electrons. The lowest BCUT2D eigenvalue weighted by molar-refractivity contribution is -0.115. The average Bonchev–Trinajstić information content (AvgIpc) is 2.64. The summed E-state index contributed by atoms with van der Waals surface area (Å²) in [6.45, 7) is 2.47. The predicted molar refractivity (Wildman–Crippen MR) is 99.7 cm³/mol. The normalized spacial score (nSPS) is 16.1. The van der Waals surface area contributed by atoms with Gasteiger partial charge in [-0.2, -0.15) is 0 Å². The largest absolute Gasteiger partial charge is 0.497 e. The minimum atomic E-state index is -0.0740. The molecular weight excluding hydrogens is 316 g/mol. The van der Waals surface area contributed by atoms with E-state index < -0.39 is 0 Å². The summed E-state index contributed by atoms with van der Waals surface area (Å²) in [6, 6.07) is 14.0. The molecule has 1 amide bonds. The Labute approximate surface area is 148 Å². The lowest BCUT2D eigenvalue weighted by Crippen LogP contribution is -2.42. The molecule has 0 fully saturated rings. The highest BCUT2D eigenvalue weighted by Crippen LogP contribution is 2.31. The van der Waals surface area contributed by atoms with E-state index in [1.54, 1.807) is 32.4 Å². The standard InChI is InChI=1S/C20H24N2O3/c1-14-8-9-15-6-4-5-7-18(15)22(14)13-20(23)21-17-12-16(24-2)10-11-19(17)25-3/h4-7,10-12,14H,8-9,13H2,1-3H3,(H,21,23)/t14-/m1/s1. The van der Waals surface area contributed by atoms with Gasteiger partial charge in [0.25, 0.3) is 0 Å². The maximum absolute atomic E-state index is 12.7. The number of carbonyl (C=O) groups excluding carboxylic acids is 1. The van der Waals surface area contributed by atoms with Crippen molar-refractivity contribution in [3.8, 4) is 11.5 Å². The zero-order valence-corrected chi connectivity index (χ0v) is 14.9. The first kappa shape index (κ1) is 17.1. The first-order valence-corrected chi connectivity index (χ1v) is 8.48. The lowest BCUT2D eigenvalue weighted by Gasteiger charge is -2.36. The van der Waals surface area contributed by atoms with Crippen LogP contribution in [0.25, 0.3) is 0 Å². The molecule has 2 aromatic rings. The number of carbonyl (C=O) groups is 1. The highest BCUT2D eigenvalue weighted by Gasteiger charge is 2.24. The lowest BCUT2D eigenvalue weighted by atomic mass is 9.96. The van der Waals surface area contributed by atoms with E-state index in [0.29, 0.717) is 29.8 Å². The number of fused-ring (bicyclic) bond motifs is 1. The fraction of sp³-hybridized carbons (Fsp3) is 0.350. The van der Waals surface area contributed by atoms with Crippen LogP contribution >= 0.6 is 0 Å². The second kappa shape index (κ2) is 7.47. The Balaban J connectivity index is 1.77. The summed E-state index contributed by atoms with van der Waals surface area (Å²) in [4.78, 5) is 14.8. The highest BCUT2D eigenvalue weighted by molar-refractivity contribution is 5.95. The van der Waals surface area contributed by atoms with Gasteiger partial charge in [0.1, 0.15) is 11.5 Å². The third-order valence-electron chi connectivity index (χ3n) is 4.66. The molecule has 1 aliphatic rings. The summed E-state index contributed by atoms with van der Waals surface area (Å²) < 4.78 is 10.6. The number of amides is 1. The van der Waals surface area contributed by atoms with Gasteiger partial charge >= 0.3 is 0 Å². The topological polar surface area (TPSA) is 50.8 Å². The van der Waals surface area contributed by atoms with Crippen LogP contribution in [0.4, 0.5) is 11.4 Å². The zero-order valence-electron chi connectivity index (χ0n) is 14.9. The number of nitrogens with one attached hydrogen (secondary N) is 1. The highest BCUT2D eigenvalue weighted by atomic mass is 16.5. The van der Waals surface area contributed by atoms with Crippen molar-refractivity contribution in [1.82, 2.24) is 0 Å². The van der Waals surface area contributed by atoms with E-state index >= 15 is 0 Å². The van der Waals surface area contributed by atoms with Crippen LogP contribution in [0.1, 0.15) is 18.9 Å². The quantitative estimate of drug-likeness (QED) is 0.905. The number of benzene rings is 2. The maximum atomic E-state index is 12.7. The number of hydrogen-bond donors (Lipinski definition) is 1. The van der Waals surface area contributed by atoms with Crippen molar-refractivity contribution in [2.45, 2.75) is 25.8 Å². The molecule has 0 spiro atoms. The number of nitrogens with zero attached hydrogens (tertiary/aromatic N) is 1. The van der Waals surface area contributed by atoms with Gasteiger partial charge in [-0.1, -0.05) is 18.2 Å². The molecule has 2 aromatic carbocycles. The summed E-state index contributed by atoms with van der Waals surface area (Å²) in [5.41, 5.74) is 3.06. The van der Waals surface area contributed by atoms with Gasteiger partial charge in [0.15, 0.2) is 0 Å². The number of methoxy groups -OCH3 is 2. The molecule has 0 bridgehead atoms. The van der Waals surface area contributed by atoms with Crippen LogP contribution in [0, 0.1) is 0 Å². The van der Waals surface area contributed by atoms with Gasteiger partial charge in [0.05, 0.1) is 26.5 Å². The van der Waals surface area contributed by atoms with E-state index in [4.69, 9.17) is 9.47 Å². The van der Waals surface area contributed by atoms with Crippen molar-refractivity contribution < 1.29 is 14.3 Å². The van der Waals surface area contributed by atoms with Gasteiger partial charge in [-0.25, -0.2) is 0 Å². The summed E-state index contributed by atoms with van der Waals surface area (Å²) in [7, 11) is 3.18. The van der Waals surface area contributed by atoms with Crippen molar-refractivity contribution in [3.63, 3.8) is 0 Å². The molecule has 5 heteroatoms. The molecule has 5 nitrogen and oxygen atoms in total. The Morgan fingerprint density at radius 2 is 2.00 bits per heavy atom. The van der Waals surface area contributed by atoms with E-state index in [0.717, 1.165) is 18.5 Å². The second-order valence-electron chi connectivity index (χ2n) is 6.26. The molecule has 0 unspecified atom stereocenters. The van der Waals surface area contributed by atoms with E-state index in [1.165, 1.54) is 5.56 Å². The number of para-hydroxylation sites is 1. The van der Waals surface area contributed by atoms with Gasteiger partial charge in [-0.15, -0.1) is 0 Å². The minimum absolute atomic E-state index is 0.0740. The molecule has 0 aromatic heterocycles. The Morgan fingerprint density at radius 1 is 1.20 bits per heavy atom. The van der Waals surface area contributed by atoms with Gasteiger partial charge in [-0.05, 0) is 43.5 Å². The average molecular weight is 340 g/mol. The number of rotatable bonds is 5. The van der Waals surface area contributed by atoms with Crippen LogP contribution in [0.15, 0.2) is 42.5 Å². The van der Waals surface area contributed by atoms with Gasteiger partial charge in [-0.3, -0.25) is 4.79 Å². The summed E-state index contributed by atoms with van der Waals surface area (Å²) >= 11 is 0. The van der Waals surface area contributed by atoms with Crippen molar-refractivity contribution >= 4 is 17.3 Å². The van der Waals surface area contributed by atoms with Crippen molar-refractivity contribution in [2.75, 3.05) is 31.0 Å². The molecular formula is C20H24N2O3. The first-order chi connectivity index (χ1) is 12.1. The number of aryl methyl sites for hydroxylation is 1. The molecule has 0 radical (unpaired) electrons. The summed E-state index contributed by atoms with van der Waals surface area (Å²) in [5.74, 6) is 1.21. The van der Waals surface area contributed by atoms with Crippen molar-refractivity contribution in [2.24, 2.45) is 0 Å². The third-order valence-corrected chi connectivity index (χ3v) is 4.66. The van der Waals surface area contributed by atoms with Crippen LogP contribution < -0.4 is 19.7 Å². The molecule has 25 heavy (non-hydrogen) atoms. The Bertz CT molecular complexity index is 760. The first-order valence-electron chi connectivity index (χ1n) is 8.48. The van der Waals surface area contributed by atoms with Gasteiger partial charge in [0, 0.05) is 17.8 Å². The molecule has 0 aliphatic carbocycles. The van der Waals surface area contributed by atoms with Crippen molar-refractivity contribution in [1.29, 1.82) is 0 Å². The predicted octanol–water partition coefficient (Wildman–Crippen LogP) is 3.48. The van der Waals surface area contributed by atoms with Gasteiger partial charge in [0.2, 0.25) is 5.91 Å². The van der Waals surface area contributed by atoms with Crippen LogP contribution in [0.2, 0.25) is 0 Å². The molecule has 3 rings (SSSR count). The fourth-order valence-electron chi connectivity index (χ4n) is 3.26. The third kappa shape index (κ3) is 3.71. The van der Waals surface area contributed by atoms with E-state index in [9.17, 15) is 4.79 Å². The Morgan fingerprint density at radius 3 is 2.76 bits per heavy atom. The molecule has 0 saturated carbocycles. The van der Waals surface area contributed by atoms with E-state index in [1.807, 2.05) is 12.1 Å². The van der Waals surface area contributed by atoms with Crippen LogP contribution in [0.3, 0.4) is 0 Å². The summed E-state index contributed by atoms with van der Waals surface area (Å²) in [6.07, 6.45) is 2.10. The molecule has 1 aliphatic heterocycles. The SMILES string of the molecule is COc1ccc(OC)c(NC(=O)CN2c3ccccc3CC[C@H]2C)c1. The monoisotopic (exact) mass is 340 g/mol. The molecule has 1 heterocycles. The van der Waals surface area contributed by atoms with Crippen LogP contribution in [-0.4, -0.2) is 32.7 Å². The maximum Gasteiger partial charge on any atom is 0.244 e. The minimum Gasteiger partial charge on any atom is -0.497 e. The zero-order chi connectivity index (χ0) is 17.8. The number of anilines is 2. The smallest absolute Gasteiger partial charge is 0.244 e. The Kier molecular flexibility index (Phi) is 5.12. The van der Waals surface area contributed by atoms with Crippen molar-refractivity contribution in [3.05, 3.63) is 48.0 Å². The molecule has 1 atom stereocenters. The molecule has 1 N–H and O–H groups in total. The number of ether oxygens (including phenoxy) is 2. The van der Waals surface area contributed by atoms with Crippen LogP contribution in [-0.2, 0) is 11.2 Å². The van der Waals surface area contributed by atoms with E-state index in [2.05, 4.69) is 29.3 Å². The summed E-state index contributed by atoms with van der Waals surface area (Å²) in [5, 5.41) is 2.95. The molecule has 0 saturated heterocycles. The fourth-order valence-corrected chi connectivity index (χ4v) is 3.26.